The van der Waals surface area contributed by atoms with Crippen molar-refractivity contribution in [1.29, 1.82) is 0 Å². The van der Waals surface area contributed by atoms with Crippen molar-refractivity contribution in [3.05, 3.63) is 41.0 Å². The average molecular weight is 248 g/mol. The summed E-state index contributed by atoms with van der Waals surface area (Å²) in [5, 5.41) is 9.88. The van der Waals surface area contributed by atoms with E-state index in [4.69, 9.17) is 9.47 Å². The van der Waals surface area contributed by atoms with Gasteiger partial charge in [0.25, 0.3) is 0 Å². The second-order valence-electron chi connectivity index (χ2n) is 4.84. The lowest BCUT2D eigenvalue weighted by Crippen LogP contribution is -2.28. The second-order valence-corrected chi connectivity index (χ2v) is 4.84. The quantitative estimate of drug-likeness (QED) is 0.818. The largest absolute Gasteiger partial charge is 0.497 e. The minimum Gasteiger partial charge on any atom is -0.497 e. The fourth-order valence-electron chi connectivity index (χ4n) is 2.27. The summed E-state index contributed by atoms with van der Waals surface area (Å²) in [5.74, 6) is 0.844. The molecule has 0 aromatic heterocycles. The van der Waals surface area contributed by atoms with Gasteiger partial charge < -0.3 is 14.6 Å². The number of allylic oxidation sites excluding steroid dienone is 1. The number of aliphatic hydroxyl groups excluding tert-OH is 1. The monoisotopic (exact) mass is 248 g/mol. The van der Waals surface area contributed by atoms with E-state index in [-0.39, 0.29) is 6.10 Å². The highest BCUT2D eigenvalue weighted by Gasteiger charge is 2.26. The molecule has 3 nitrogen and oxygen atoms in total. The van der Waals surface area contributed by atoms with E-state index >= 15 is 0 Å². The fourth-order valence-corrected chi connectivity index (χ4v) is 2.27. The van der Waals surface area contributed by atoms with Crippen LogP contribution in [-0.2, 0) is 4.74 Å². The highest BCUT2D eigenvalue weighted by molar-refractivity contribution is 5.30. The predicted octanol–water partition coefficient (Wildman–Crippen LogP) is 2.85. The van der Waals surface area contributed by atoms with Crippen molar-refractivity contribution in [2.45, 2.75) is 32.5 Å². The lowest BCUT2D eigenvalue weighted by atomic mass is 9.92. The molecule has 2 rings (SSSR count). The first-order valence-corrected chi connectivity index (χ1v) is 6.21. The van der Waals surface area contributed by atoms with Crippen LogP contribution >= 0.6 is 0 Å². The molecule has 0 unspecified atom stereocenters. The molecule has 1 saturated heterocycles. The summed E-state index contributed by atoms with van der Waals surface area (Å²) in [6.07, 6.45) is 0.337. The summed E-state index contributed by atoms with van der Waals surface area (Å²) in [6, 6.07) is 7.91. The second kappa shape index (κ2) is 5.55. The molecule has 1 aliphatic heterocycles. The van der Waals surface area contributed by atoms with Crippen LogP contribution in [0, 0.1) is 0 Å². The van der Waals surface area contributed by atoms with E-state index in [1.54, 1.807) is 7.11 Å². The van der Waals surface area contributed by atoms with Gasteiger partial charge in [0.2, 0.25) is 0 Å². The number of rotatable bonds is 2. The molecule has 0 radical (unpaired) electrons. The predicted molar refractivity (Wildman–Crippen MR) is 70.7 cm³/mol. The number of methoxy groups -OCH3 is 1. The zero-order chi connectivity index (χ0) is 13.1. The van der Waals surface area contributed by atoms with Crippen LogP contribution in [0.3, 0.4) is 0 Å². The van der Waals surface area contributed by atoms with Crippen LogP contribution < -0.4 is 4.74 Å². The summed E-state index contributed by atoms with van der Waals surface area (Å²) in [4.78, 5) is 0. The van der Waals surface area contributed by atoms with Crippen molar-refractivity contribution < 1.29 is 14.6 Å². The molecule has 3 heteroatoms. The molecule has 98 valence electrons. The van der Waals surface area contributed by atoms with Crippen molar-refractivity contribution in [3.8, 4) is 5.75 Å². The molecule has 0 amide bonds. The molecule has 1 N–H and O–H groups in total. The summed E-state index contributed by atoms with van der Waals surface area (Å²) in [7, 11) is 1.66. The Bertz CT molecular complexity index is 430. The number of hydrogen-bond donors (Lipinski definition) is 1. The van der Waals surface area contributed by atoms with Crippen LogP contribution in [0.15, 0.2) is 35.4 Å². The third-order valence-electron chi connectivity index (χ3n) is 3.39. The lowest BCUT2D eigenvalue weighted by Gasteiger charge is -2.30. The van der Waals surface area contributed by atoms with Crippen molar-refractivity contribution >= 4 is 0 Å². The maximum atomic E-state index is 9.88. The Morgan fingerprint density at radius 1 is 1.28 bits per heavy atom. The van der Waals surface area contributed by atoms with Crippen LogP contribution in [0.2, 0.25) is 0 Å². The summed E-state index contributed by atoms with van der Waals surface area (Å²) in [6.45, 7) is 4.45. The minimum atomic E-state index is -0.454. The lowest BCUT2D eigenvalue weighted by molar-refractivity contribution is -0.0281. The topological polar surface area (TPSA) is 38.7 Å². The first-order valence-electron chi connectivity index (χ1n) is 6.21. The number of hydrogen-bond acceptors (Lipinski definition) is 3. The molecular weight excluding hydrogens is 228 g/mol. The van der Waals surface area contributed by atoms with Crippen LogP contribution in [0.4, 0.5) is 0 Å². The Balaban J connectivity index is 2.16. The van der Waals surface area contributed by atoms with Crippen molar-refractivity contribution in [2.75, 3.05) is 13.7 Å². The van der Waals surface area contributed by atoms with E-state index < -0.39 is 6.10 Å². The van der Waals surface area contributed by atoms with E-state index in [1.807, 2.05) is 38.1 Å². The van der Waals surface area contributed by atoms with Gasteiger partial charge >= 0.3 is 0 Å². The summed E-state index contributed by atoms with van der Waals surface area (Å²) < 4.78 is 10.8. The third-order valence-corrected chi connectivity index (χ3v) is 3.39. The van der Waals surface area contributed by atoms with Gasteiger partial charge in [0.15, 0.2) is 0 Å². The molecule has 2 atom stereocenters. The molecule has 1 heterocycles. The first-order chi connectivity index (χ1) is 8.61. The number of benzene rings is 1. The summed E-state index contributed by atoms with van der Waals surface area (Å²) in [5.41, 5.74) is 3.41. The average Bonchev–Trinajstić information content (AvgIpc) is 2.39. The normalized spacial score (nSPS) is 23.9. The van der Waals surface area contributed by atoms with E-state index in [0.717, 1.165) is 23.3 Å². The Morgan fingerprint density at radius 3 is 2.50 bits per heavy atom. The van der Waals surface area contributed by atoms with E-state index in [2.05, 4.69) is 0 Å². The Labute approximate surface area is 108 Å². The van der Waals surface area contributed by atoms with Crippen LogP contribution in [0.5, 0.6) is 5.75 Å². The van der Waals surface area contributed by atoms with E-state index in [1.165, 1.54) is 5.57 Å². The minimum absolute atomic E-state index is 0.0317. The molecule has 1 aromatic rings. The van der Waals surface area contributed by atoms with Gasteiger partial charge in [-0.15, -0.1) is 0 Å². The molecule has 1 aromatic carbocycles. The molecule has 1 fully saturated rings. The Kier molecular flexibility index (Phi) is 4.04. The zero-order valence-corrected chi connectivity index (χ0v) is 11.1. The van der Waals surface area contributed by atoms with Crippen molar-refractivity contribution in [2.24, 2.45) is 0 Å². The van der Waals surface area contributed by atoms with Gasteiger partial charge in [0.1, 0.15) is 5.75 Å². The molecule has 0 aliphatic carbocycles. The zero-order valence-electron chi connectivity index (χ0n) is 11.1. The molecule has 0 spiro atoms. The van der Waals surface area contributed by atoms with Gasteiger partial charge in [-0.05, 0) is 37.1 Å². The molecule has 0 saturated carbocycles. The molecule has 18 heavy (non-hydrogen) atoms. The van der Waals surface area contributed by atoms with E-state index in [9.17, 15) is 5.11 Å². The van der Waals surface area contributed by atoms with Gasteiger partial charge in [-0.25, -0.2) is 0 Å². The number of aliphatic hydroxyl groups is 1. The van der Waals surface area contributed by atoms with Gasteiger partial charge in [-0.1, -0.05) is 17.7 Å². The van der Waals surface area contributed by atoms with Crippen molar-refractivity contribution in [3.63, 3.8) is 0 Å². The maximum absolute atomic E-state index is 9.88. The number of ether oxygens (including phenoxy) is 2. The van der Waals surface area contributed by atoms with Crippen molar-refractivity contribution in [1.82, 2.24) is 0 Å². The maximum Gasteiger partial charge on any atom is 0.118 e. The third kappa shape index (κ3) is 2.74. The highest BCUT2D eigenvalue weighted by atomic mass is 16.5. The Hall–Kier alpha value is -1.32. The molecule has 0 bridgehead atoms. The Morgan fingerprint density at radius 2 is 1.94 bits per heavy atom. The van der Waals surface area contributed by atoms with Gasteiger partial charge in [0.05, 0.1) is 25.9 Å². The van der Waals surface area contributed by atoms with Gasteiger partial charge in [0, 0.05) is 6.42 Å². The van der Waals surface area contributed by atoms with Crippen LogP contribution in [0.25, 0.3) is 0 Å². The smallest absolute Gasteiger partial charge is 0.118 e. The van der Waals surface area contributed by atoms with Gasteiger partial charge in [-0.3, -0.25) is 0 Å². The van der Waals surface area contributed by atoms with Crippen LogP contribution in [0.1, 0.15) is 31.9 Å². The molecular formula is C15H20O3. The molecule has 1 aliphatic rings. The van der Waals surface area contributed by atoms with E-state index in [0.29, 0.717) is 6.61 Å². The summed E-state index contributed by atoms with van der Waals surface area (Å²) >= 11 is 0. The van der Waals surface area contributed by atoms with Crippen LogP contribution in [-0.4, -0.2) is 24.9 Å². The first kappa shape index (κ1) is 13.1. The SMILES string of the molecule is COc1ccc([C@H]2CC(=C(C)C)[C@H](O)CO2)cc1. The van der Waals surface area contributed by atoms with Gasteiger partial charge in [-0.2, -0.15) is 0 Å². The fraction of sp³-hybridized carbons (Fsp3) is 0.467. The highest BCUT2D eigenvalue weighted by Crippen LogP contribution is 2.33. The standard InChI is InChI=1S/C15H20O3/c1-10(2)13-8-15(18-9-14(13)16)11-4-6-12(17-3)7-5-11/h4-7,14-16H,8-9H2,1-3H3/t14-,15-/m1/s1.